The molecule has 4 nitrogen and oxygen atoms in total. The molecule has 1 unspecified atom stereocenters. The van der Waals surface area contributed by atoms with E-state index in [-0.39, 0.29) is 11.4 Å². The lowest BCUT2D eigenvalue weighted by Gasteiger charge is -2.39. The van der Waals surface area contributed by atoms with Crippen LogP contribution in [0.3, 0.4) is 0 Å². The van der Waals surface area contributed by atoms with Crippen molar-refractivity contribution in [2.45, 2.75) is 39.3 Å². The summed E-state index contributed by atoms with van der Waals surface area (Å²) in [4.78, 5) is 11.4. The lowest BCUT2D eigenvalue weighted by Crippen LogP contribution is -2.50. The SMILES string of the molecule is CC1(C)CCCNC1COc1ccc2c(c1)COC2=O. The molecule has 1 saturated heterocycles. The van der Waals surface area contributed by atoms with E-state index in [0.29, 0.717) is 24.8 Å². The van der Waals surface area contributed by atoms with Crippen molar-refractivity contribution in [3.63, 3.8) is 0 Å². The molecule has 2 aliphatic heterocycles. The van der Waals surface area contributed by atoms with Crippen LogP contribution >= 0.6 is 0 Å². The van der Waals surface area contributed by atoms with E-state index in [9.17, 15) is 4.79 Å². The number of ether oxygens (including phenoxy) is 2. The maximum atomic E-state index is 11.4. The zero-order chi connectivity index (χ0) is 14.2. The molecular weight excluding hydrogens is 254 g/mol. The second kappa shape index (κ2) is 5.09. The Morgan fingerprint density at radius 3 is 3.10 bits per heavy atom. The molecule has 0 saturated carbocycles. The first-order chi connectivity index (χ1) is 9.56. The number of benzene rings is 1. The molecule has 1 aromatic rings. The number of carbonyl (C=O) groups excluding carboxylic acids is 1. The van der Waals surface area contributed by atoms with Crippen LogP contribution in [0.5, 0.6) is 5.75 Å². The minimum absolute atomic E-state index is 0.235. The number of hydrogen-bond acceptors (Lipinski definition) is 4. The standard InChI is InChI=1S/C16H21NO3/c1-16(2)6-3-7-17-14(16)10-19-12-4-5-13-11(8-12)9-20-15(13)18/h4-5,8,14,17H,3,6-7,9-10H2,1-2H3. The molecule has 0 radical (unpaired) electrons. The molecule has 0 aliphatic carbocycles. The first kappa shape index (κ1) is 13.4. The highest BCUT2D eigenvalue weighted by molar-refractivity contribution is 5.93. The summed E-state index contributed by atoms with van der Waals surface area (Å²) in [5.41, 5.74) is 1.84. The number of carbonyl (C=O) groups is 1. The van der Waals surface area contributed by atoms with Gasteiger partial charge in [0, 0.05) is 11.6 Å². The Morgan fingerprint density at radius 2 is 2.30 bits per heavy atom. The van der Waals surface area contributed by atoms with Crippen LogP contribution in [0.1, 0.15) is 42.6 Å². The minimum atomic E-state index is -0.235. The van der Waals surface area contributed by atoms with Crippen molar-refractivity contribution in [3.05, 3.63) is 29.3 Å². The van der Waals surface area contributed by atoms with E-state index >= 15 is 0 Å². The molecule has 0 bridgehead atoms. The molecule has 1 aromatic carbocycles. The molecule has 3 rings (SSSR count). The molecule has 0 aromatic heterocycles. The summed E-state index contributed by atoms with van der Waals surface area (Å²) in [7, 11) is 0. The van der Waals surface area contributed by atoms with Gasteiger partial charge in [0.1, 0.15) is 19.0 Å². The van der Waals surface area contributed by atoms with E-state index in [0.717, 1.165) is 17.9 Å². The fourth-order valence-corrected chi connectivity index (χ4v) is 2.93. The Kier molecular flexibility index (Phi) is 3.42. The Labute approximate surface area is 119 Å². The quantitative estimate of drug-likeness (QED) is 0.861. The van der Waals surface area contributed by atoms with E-state index < -0.39 is 0 Å². The molecular formula is C16H21NO3. The molecule has 4 heteroatoms. The van der Waals surface area contributed by atoms with Crippen molar-refractivity contribution in [2.24, 2.45) is 5.41 Å². The smallest absolute Gasteiger partial charge is 0.338 e. The normalized spacial score (nSPS) is 24.1. The molecule has 1 N–H and O–H groups in total. The zero-order valence-corrected chi connectivity index (χ0v) is 12.1. The number of hydrogen-bond donors (Lipinski definition) is 1. The van der Waals surface area contributed by atoms with Crippen LogP contribution in [0.25, 0.3) is 0 Å². The maximum absolute atomic E-state index is 11.4. The average molecular weight is 275 g/mol. The lowest BCUT2D eigenvalue weighted by atomic mass is 9.78. The number of esters is 1. The molecule has 1 fully saturated rings. The summed E-state index contributed by atoms with van der Waals surface area (Å²) in [5.74, 6) is 0.576. The second-order valence-electron chi connectivity index (χ2n) is 6.30. The summed E-state index contributed by atoms with van der Waals surface area (Å²) in [5, 5.41) is 3.54. The van der Waals surface area contributed by atoms with Crippen molar-refractivity contribution in [1.82, 2.24) is 5.32 Å². The highest BCUT2D eigenvalue weighted by Crippen LogP contribution is 2.31. The van der Waals surface area contributed by atoms with E-state index in [1.165, 1.54) is 12.8 Å². The Morgan fingerprint density at radius 1 is 1.45 bits per heavy atom. The van der Waals surface area contributed by atoms with Crippen molar-refractivity contribution in [1.29, 1.82) is 0 Å². The molecule has 20 heavy (non-hydrogen) atoms. The van der Waals surface area contributed by atoms with Crippen molar-refractivity contribution in [2.75, 3.05) is 13.2 Å². The van der Waals surface area contributed by atoms with E-state index in [2.05, 4.69) is 19.2 Å². The highest BCUT2D eigenvalue weighted by Gasteiger charge is 2.32. The van der Waals surface area contributed by atoms with Crippen LogP contribution < -0.4 is 10.1 Å². The topological polar surface area (TPSA) is 47.6 Å². The number of cyclic esters (lactones) is 1. The van der Waals surface area contributed by atoms with Gasteiger partial charge in [-0.2, -0.15) is 0 Å². The van der Waals surface area contributed by atoms with Gasteiger partial charge in [0.25, 0.3) is 0 Å². The van der Waals surface area contributed by atoms with Gasteiger partial charge in [0.2, 0.25) is 0 Å². The predicted octanol–water partition coefficient (Wildman–Crippen LogP) is 2.51. The number of piperidine rings is 1. The lowest BCUT2D eigenvalue weighted by molar-refractivity contribution is 0.0535. The van der Waals surface area contributed by atoms with Crippen molar-refractivity contribution < 1.29 is 14.3 Å². The summed E-state index contributed by atoms with van der Waals surface area (Å²) in [6.07, 6.45) is 2.45. The number of fused-ring (bicyclic) bond motifs is 1. The summed E-state index contributed by atoms with van der Waals surface area (Å²) in [6.45, 7) is 6.63. The molecule has 2 heterocycles. The van der Waals surface area contributed by atoms with Crippen LogP contribution in [-0.4, -0.2) is 25.2 Å². The van der Waals surface area contributed by atoms with Crippen LogP contribution in [0.2, 0.25) is 0 Å². The van der Waals surface area contributed by atoms with Crippen LogP contribution in [-0.2, 0) is 11.3 Å². The Balaban J connectivity index is 1.65. The van der Waals surface area contributed by atoms with Gasteiger partial charge < -0.3 is 14.8 Å². The van der Waals surface area contributed by atoms with Gasteiger partial charge in [0.05, 0.1) is 5.56 Å². The third-order valence-electron chi connectivity index (χ3n) is 4.40. The molecule has 0 spiro atoms. The highest BCUT2D eigenvalue weighted by atomic mass is 16.5. The second-order valence-corrected chi connectivity index (χ2v) is 6.30. The average Bonchev–Trinajstić information content (AvgIpc) is 2.78. The van der Waals surface area contributed by atoms with Gasteiger partial charge in [0.15, 0.2) is 0 Å². The third kappa shape index (κ3) is 2.52. The largest absolute Gasteiger partial charge is 0.492 e. The maximum Gasteiger partial charge on any atom is 0.338 e. The van der Waals surface area contributed by atoms with Gasteiger partial charge in [-0.25, -0.2) is 4.79 Å². The van der Waals surface area contributed by atoms with Crippen LogP contribution in [0, 0.1) is 5.41 Å². The first-order valence-electron chi connectivity index (χ1n) is 7.22. The fraction of sp³-hybridized carbons (Fsp3) is 0.562. The zero-order valence-electron chi connectivity index (χ0n) is 12.1. The van der Waals surface area contributed by atoms with Crippen LogP contribution in [0.4, 0.5) is 0 Å². The van der Waals surface area contributed by atoms with Gasteiger partial charge in [-0.3, -0.25) is 0 Å². The molecule has 108 valence electrons. The number of nitrogens with one attached hydrogen (secondary N) is 1. The monoisotopic (exact) mass is 275 g/mol. The molecule has 0 amide bonds. The Hall–Kier alpha value is -1.55. The van der Waals surface area contributed by atoms with E-state index in [1.54, 1.807) is 6.07 Å². The van der Waals surface area contributed by atoms with Gasteiger partial charge >= 0.3 is 5.97 Å². The number of rotatable bonds is 3. The minimum Gasteiger partial charge on any atom is -0.492 e. The third-order valence-corrected chi connectivity index (χ3v) is 4.40. The van der Waals surface area contributed by atoms with Crippen molar-refractivity contribution in [3.8, 4) is 5.75 Å². The van der Waals surface area contributed by atoms with Gasteiger partial charge in [-0.15, -0.1) is 0 Å². The molecule has 1 atom stereocenters. The first-order valence-corrected chi connectivity index (χ1v) is 7.22. The van der Waals surface area contributed by atoms with Gasteiger partial charge in [-0.1, -0.05) is 13.8 Å². The van der Waals surface area contributed by atoms with E-state index in [4.69, 9.17) is 9.47 Å². The summed E-state index contributed by atoms with van der Waals surface area (Å²) >= 11 is 0. The fourth-order valence-electron chi connectivity index (χ4n) is 2.93. The van der Waals surface area contributed by atoms with Gasteiger partial charge in [-0.05, 0) is 43.0 Å². The predicted molar refractivity (Wildman–Crippen MR) is 75.9 cm³/mol. The summed E-state index contributed by atoms with van der Waals surface area (Å²) in [6, 6.07) is 5.92. The van der Waals surface area contributed by atoms with Crippen LogP contribution in [0.15, 0.2) is 18.2 Å². The molecule has 2 aliphatic rings. The Bertz CT molecular complexity index is 524. The van der Waals surface area contributed by atoms with Crippen molar-refractivity contribution >= 4 is 5.97 Å². The summed E-state index contributed by atoms with van der Waals surface area (Å²) < 4.78 is 10.9. The van der Waals surface area contributed by atoms with E-state index in [1.807, 2.05) is 12.1 Å².